The molecule has 0 unspecified atom stereocenters. The Morgan fingerprint density at radius 1 is 0.958 bits per heavy atom. The highest BCUT2D eigenvalue weighted by atomic mass is 32.2. The molecule has 1 aliphatic heterocycles. The Balaban J connectivity index is 1.60. The van der Waals surface area contributed by atoms with Crippen LogP contribution in [-0.2, 0) is 22.0 Å². The van der Waals surface area contributed by atoms with Crippen LogP contribution in [0.5, 0.6) is 0 Å². The van der Waals surface area contributed by atoms with Gasteiger partial charge in [0, 0.05) is 42.9 Å². The second-order valence-corrected chi connectivity index (χ2v) is 15.2. The van der Waals surface area contributed by atoms with Crippen LogP contribution < -0.4 is 10.6 Å². The summed E-state index contributed by atoms with van der Waals surface area (Å²) in [6.45, 7) is 10.9. The molecule has 3 atom stereocenters. The number of aliphatic hydroxyl groups excluding tert-OH is 1. The van der Waals surface area contributed by atoms with E-state index in [1.54, 1.807) is 24.0 Å². The van der Waals surface area contributed by atoms with Crippen LogP contribution >= 0.6 is 0 Å². The molecule has 3 N–H and O–H groups in total. The molecule has 8 nitrogen and oxygen atoms in total. The molecule has 0 aromatic heterocycles. The van der Waals surface area contributed by atoms with Gasteiger partial charge in [-0.05, 0) is 90.3 Å². The third-order valence-electron chi connectivity index (χ3n) is 8.60. The number of carbonyl (C=O) groups excluding carboxylic acids is 2. The third kappa shape index (κ3) is 9.70. The summed E-state index contributed by atoms with van der Waals surface area (Å²) in [5.41, 5.74) is 4.08. The van der Waals surface area contributed by atoms with Gasteiger partial charge in [0.2, 0.25) is 0 Å². The molecular formula is C37H47F2N3O5S. The first-order valence-corrected chi connectivity index (χ1v) is 18.4. The van der Waals surface area contributed by atoms with E-state index in [4.69, 9.17) is 0 Å². The number of hydrogen-bond donors (Lipinski definition) is 3. The molecule has 1 heterocycles. The average molecular weight is 684 g/mol. The molecule has 0 aliphatic carbocycles. The molecule has 3 aromatic rings. The summed E-state index contributed by atoms with van der Waals surface area (Å²) >= 11 is 0. The standard InChI is InChI=1S/C37H47F2N3O5S/c1-6-10-42(11-7-2)37(45)29-13-24(5)12-28(17-29)36(44)41-33(16-25-14-30(38)19-31(39)15-25)35(43)20-40-34-22-48(46,47)21-27-9-8-26(23(3)4)18-32(27)34/h8-9,12-15,17-19,23,33-35,40,43H,6-7,10-11,16,20-22H2,1-5H3,(H,41,44)/t33-,34+,35+/m0/s1. The molecule has 0 bridgehead atoms. The summed E-state index contributed by atoms with van der Waals surface area (Å²) in [4.78, 5) is 28.8. The van der Waals surface area contributed by atoms with Crippen LogP contribution in [0.15, 0.2) is 54.6 Å². The van der Waals surface area contributed by atoms with Crippen molar-refractivity contribution in [2.45, 2.75) is 83.7 Å². The van der Waals surface area contributed by atoms with Gasteiger partial charge in [-0.25, -0.2) is 17.2 Å². The lowest BCUT2D eigenvalue weighted by atomic mass is 9.94. The maximum absolute atomic E-state index is 14.1. The second kappa shape index (κ2) is 16.2. The number of halogens is 2. The lowest BCUT2D eigenvalue weighted by Crippen LogP contribution is -2.50. The number of amides is 2. The quantitative estimate of drug-likeness (QED) is 0.203. The predicted octanol–water partition coefficient (Wildman–Crippen LogP) is 5.62. The molecule has 0 saturated carbocycles. The molecule has 1 aliphatic rings. The minimum atomic E-state index is -3.42. The van der Waals surface area contributed by atoms with Gasteiger partial charge in [-0.1, -0.05) is 45.9 Å². The number of carbonyl (C=O) groups is 2. The summed E-state index contributed by atoms with van der Waals surface area (Å²) in [5.74, 6) is -2.34. The van der Waals surface area contributed by atoms with Crippen molar-refractivity contribution in [3.05, 3.63) is 105 Å². The molecule has 260 valence electrons. The molecule has 0 radical (unpaired) electrons. The maximum Gasteiger partial charge on any atom is 0.253 e. The summed E-state index contributed by atoms with van der Waals surface area (Å²) < 4.78 is 53.9. The number of aliphatic hydroxyl groups is 1. The Hall–Kier alpha value is -3.67. The van der Waals surface area contributed by atoms with Gasteiger partial charge in [0.15, 0.2) is 9.84 Å². The third-order valence-corrected chi connectivity index (χ3v) is 10.2. The number of nitrogens with one attached hydrogen (secondary N) is 2. The lowest BCUT2D eigenvalue weighted by molar-refractivity contribution is 0.0755. The highest BCUT2D eigenvalue weighted by molar-refractivity contribution is 7.90. The van der Waals surface area contributed by atoms with Crippen LogP contribution in [0.2, 0.25) is 0 Å². The molecule has 0 spiro atoms. The van der Waals surface area contributed by atoms with E-state index in [0.717, 1.165) is 42.2 Å². The SMILES string of the molecule is CCCN(CCC)C(=O)c1cc(C)cc(C(=O)N[C@@H](Cc2cc(F)cc(F)c2)[C@H](O)CN[C@@H]2CS(=O)(=O)Cc3ccc(C(C)C)cc32)c1. The lowest BCUT2D eigenvalue weighted by Gasteiger charge is -2.30. The van der Waals surface area contributed by atoms with Crippen molar-refractivity contribution in [3.8, 4) is 0 Å². The zero-order valence-corrected chi connectivity index (χ0v) is 29.2. The highest BCUT2D eigenvalue weighted by Crippen LogP contribution is 2.31. The van der Waals surface area contributed by atoms with Crippen molar-refractivity contribution in [2.75, 3.05) is 25.4 Å². The topological polar surface area (TPSA) is 116 Å². The van der Waals surface area contributed by atoms with Crippen LogP contribution in [0.3, 0.4) is 0 Å². The molecule has 2 amide bonds. The minimum Gasteiger partial charge on any atom is -0.390 e. The number of sulfone groups is 1. The van der Waals surface area contributed by atoms with E-state index in [-0.39, 0.29) is 47.4 Å². The monoisotopic (exact) mass is 683 g/mol. The van der Waals surface area contributed by atoms with Gasteiger partial charge in [0.25, 0.3) is 11.8 Å². The van der Waals surface area contributed by atoms with Crippen LogP contribution in [0, 0.1) is 18.6 Å². The molecule has 11 heteroatoms. The Morgan fingerprint density at radius 2 is 1.60 bits per heavy atom. The largest absolute Gasteiger partial charge is 0.390 e. The zero-order chi connectivity index (χ0) is 35.2. The van der Waals surface area contributed by atoms with Crippen molar-refractivity contribution in [1.82, 2.24) is 15.5 Å². The van der Waals surface area contributed by atoms with Crippen molar-refractivity contribution >= 4 is 21.7 Å². The Morgan fingerprint density at radius 3 is 2.23 bits per heavy atom. The molecule has 3 aromatic carbocycles. The van der Waals surface area contributed by atoms with Gasteiger partial charge in [0.1, 0.15) is 11.6 Å². The molecular weight excluding hydrogens is 636 g/mol. The second-order valence-electron chi connectivity index (χ2n) is 13.1. The Labute approximate surface area is 282 Å². The average Bonchev–Trinajstić information content (AvgIpc) is 3.01. The summed E-state index contributed by atoms with van der Waals surface area (Å²) in [6.07, 6.45) is 0.183. The van der Waals surface area contributed by atoms with E-state index in [1.807, 2.05) is 32.0 Å². The van der Waals surface area contributed by atoms with Gasteiger partial charge >= 0.3 is 0 Å². The number of rotatable bonds is 14. The normalized spacial score (nSPS) is 16.6. The first-order valence-electron chi connectivity index (χ1n) is 16.6. The van der Waals surface area contributed by atoms with E-state index in [1.165, 1.54) is 6.07 Å². The highest BCUT2D eigenvalue weighted by Gasteiger charge is 2.32. The fourth-order valence-electron chi connectivity index (χ4n) is 6.23. The molecule has 48 heavy (non-hydrogen) atoms. The fourth-order valence-corrected chi connectivity index (χ4v) is 7.89. The first-order chi connectivity index (χ1) is 22.7. The Kier molecular flexibility index (Phi) is 12.5. The van der Waals surface area contributed by atoms with Gasteiger partial charge in [-0.2, -0.15) is 0 Å². The summed E-state index contributed by atoms with van der Waals surface area (Å²) in [6, 6.07) is 12.0. The van der Waals surface area contributed by atoms with Crippen LogP contribution in [0.4, 0.5) is 8.78 Å². The fraction of sp³-hybridized carbons (Fsp3) is 0.459. The van der Waals surface area contributed by atoms with E-state index in [0.29, 0.717) is 29.8 Å². The zero-order valence-electron chi connectivity index (χ0n) is 28.4. The van der Waals surface area contributed by atoms with E-state index < -0.39 is 45.6 Å². The smallest absolute Gasteiger partial charge is 0.253 e. The van der Waals surface area contributed by atoms with Gasteiger partial charge in [0.05, 0.1) is 23.7 Å². The van der Waals surface area contributed by atoms with Crippen molar-refractivity contribution in [2.24, 2.45) is 0 Å². The van der Waals surface area contributed by atoms with Crippen molar-refractivity contribution in [3.63, 3.8) is 0 Å². The predicted molar refractivity (Wildman–Crippen MR) is 184 cm³/mol. The molecule has 0 saturated heterocycles. The molecule has 4 rings (SSSR count). The van der Waals surface area contributed by atoms with Gasteiger partial charge in [-0.15, -0.1) is 0 Å². The van der Waals surface area contributed by atoms with E-state index >= 15 is 0 Å². The van der Waals surface area contributed by atoms with Crippen molar-refractivity contribution in [1.29, 1.82) is 0 Å². The van der Waals surface area contributed by atoms with E-state index in [2.05, 4.69) is 24.5 Å². The van der Waals surface area contributed by atoms with E-state index in [9.17, 15) is 31.9 Å². The van der Waals surface area contributed by atoms with Crippen LogP contribution in [0.1, 0.15) is 101 Å². The van der Waals surface area contributed by atoms with Gasteiger partial charge < -0.3 is 20.6 Å². The van der Waals surface area contributed by atoms with Crippen LogP contribution in [0.25, 0.3) is 0 Å². The number of aryl methyl sites for hydroxylation is 1. The first kappa shape index (κ1) is 37.2. The van der Waals surface area contributed by atoms with Crippen LogP contribution in [-0.4, -0.2) is 67.8 Å². The molecule has 0 fully saturated rings. The van der Waals surface area contributed by atoms with Gasteiger partial charge in [-0.3, -0.25) is 9.59 Å². The number of hydrogen-bond acceptors (Lipinski definition) is 6. The minimum absolute atomic E-state index is 0.0686. The number of benzene rings is 3. The number of nitrogens with zero attached hydrogens (tertiary/aromatic N) is 1. The summed E-state index contributed by atoms with van der Waals surface area (Å²) in [5, 5.41) is 17.5. The Bertz CT molecular complexity index is 1700. The van der Waals surface area contributed by atoms with Crippen molar-refractivity contribution < 1.29 is 31.9 Å². The summed E-state index contributed by atoms with van der Waals surface area (Å²) in [7, 11) is -3.42. The number of fused-ring (bicyclic) bond motifs is 1. The maximum atomic E-state index is 14.1.